The van der Waals surface area contributed by atoms with Gasteiger partial charge in [0, 0.05) is 16.3 Å². The number of hydrogen-bond donors (Lipinski definition) is 0. The monoisotopic (exact) mass is 329 g/mol. The highest BCUT2D eigenvalue weighted by molar-refractivity contribution is 6.30. The van der Waals surface area contributed by atoms with Crippen LogP contribution in [0.4, 0.5) is 5.82 Å². The van der Waals surface area contributed by atoms with Crippen molar-refractivity contribution in [1.82, 2.24) is 9.78 Å². The van der Waals surface area contributed by atoms with Crippen LogP contribution in [-0.2, 0) is 0 Å². The number of halogens is 1. The fourth-order valence-corrected chi connectivity index (χ4v) is 3.16. The highest BCUT2D eigenvalue weighted by Gasteiger charge is 2.32. The zero-order chi connectivity index (χ0) is 16.6. The molecular weight excluding hydrogens is 310 g/mol. The van der Waals surface area contributed by atoms with Gasteiger partial charge in [-0.3, -0.25) is 4.79 Å². The van der Waals surface area contributed by atoms with Crippen LogP contribution in [0.3, 0.4) is 0 Å². The topological polar surface area (TPSA) is 47.2 Å². The number of rotatable bonds is 4. The van der Waals surface area contributed by atoms with Crippen LogP contribution < -0.4 is 0 Å². The maximum atomic E-state index is 12.8. The summed E-state index contributed by atoms with van der Waals surface area (Å²) in [5, 5.41) is 5.13. The molecule has 1 aromatic heterocycles. The van der Waals surface area contributed by atoms with E-state index in [4.69, 9.17) is 16.6 Å². The van der Waals surface area contributed by atoms with Gasteiger partial charge >= 0.3 is 0 Å². The SMILES string of the molecule is CCCCC1C(=O)n2nc(C)c(-c3ccc(Cl)cc3)c2N=C1C. The molecule has 0 spiro atoms. The molecule has 1 aromatic carbocycles. The first kappa shape index (κ1) is 15.9. The van der Waals surface area contributed by atoms with Crippen molar-refractivity contribution in [3.63, 3.8) is 0 Å². The molecule has 0 fully saturated rings. The Balaban J connectivity index is 2.07. The number of carbonyl (C=O) groups is 1. The third-order valence-corrected chi connectivity index (χ3v) is 4.56. The number of unbranched alkanes of at least 4 members (excludes halogenated alkanes) is 1. The number of hydrogen-bond acceptors (Lipinski definition) is 3. The summed E-state index contributed by atoms with van der Waals surface area (Å²) in [4.78, 5) is 17.5. The molecule has 3 rings (SSSR count). The summed E-state index contributed by atoms with van der Waals surface area (Å²) in [5.41, 5.74) is 3.57. The van der Waals surface area contributed by atoms with Crippen molar-refractivity contribution in [2.75, 3.05) is 0 Å². The third kappa shape index (κ3) is 2.83. The maximum absolute atomic E-state index is 12.8. The molecule has 5 heteroatoms. The van der Waals surface area contributed by atoms with Crippen LogP contribution in [0.5, 0.6) is 0 Å². The van der Waals surface area contributed by atoms with E-state index in [1.165, 1.54) is 4.68 Å². The van der Waals surface area contributed by atoms with Crippen molar-refractivity contribution in [1.29, 1.82) is 0 Å². The Bertz CT molecular complexity index is 774. The first-order valence-corrected chi connectivity index (χ1v) is 8.35. The molecule has 0 aliphatic carbocycles. The Hall–Kier alpha value is -1.94. The lowest BCUT2D eigenvalue weighted by atomic mass is 9.95. The smallest absolute Gasteiger partial charge is 0.257 e. The van der Waals surface area contributed by atoms with Crippen LogP contribution in [-0.4, -0.2) is 21.4 Å². The zero-order valence-electron chi connectivity index (χ0n) is 13.6. The second-order valence-electron chi connectivity index (χ2n) is 5.99. The summed E-state index contributed by atoms with van der Waals surface area (Å²) in [7, 11) is 0. The molecule has 1 aliphatic heterocycles. The van der Waals surface area contributed by atoms with Crippen molar-refractivity contribution >= 4 is 29.0 Å². The van der Waals surface area contributed by atoms with Gasteiger partial charge in [-0.2, -0.15) is 9.78 Å². The minimum atomic E-state index is -0.153. The Morgan fingerprint density at radius 1 is 1.22 bits per heavy atom. The van der Waals surface area contributed by atoms with E-state index >= 15 is 0 Å². The van der Waals surface area contributed by atoms with E-state index in [1.807, 2.05) is 38.1 Å². The van der Waals surface area contributed by atoms with Crippen molar-refractivity contribution in [3.8, 4) is 11.1 Å². The van der Waals surface area contributed by atoms with Gasteiger partial charge in [-0.05, 0) is 38.0 Å². The number of benzene rings is 1. The van der Waals surface area contributed by atoms with Gasteiger partial charge in [0.15, 0.2) is 5.82 Å². The minimum absolute atomic E-state index is 0.0317. The van der Waals surface area contributed by atoms with Crippen molar-refractivity contribution < 1.29 is 4.79 Å². The molecule has 0 saturated carbocycles. The predicted molar refractivity (Wildman–Crippen MR) is 93.8 cm³/mol. The fraction of sp³-hybridized carbons (Fsp3) is 0.389. The number of fused-ring (bicyclic) bond motifs is 1. The van der Waals surface area contributed by atoms with Gasteiger partial charge in [0.1, 0.15) is 0 Å². The van der Waals surface area contributed by atoms with Crippen molar-refractivity contribution in [2.45, 2.75) is 40.0 Å². The van der Waals surface area contributed by atoms with Gasteiger partial charge < -0.3 is 0 Å². The van der Waals surface area contributed by atoms with Gasteiger partial charge in [-0.1, -0.05) is 43.5 Å². The van der Waals surface area contributed by atoms with Crippen LogP contribution >= 0.6 is 11.6 Å². The normalized spacial score (nSPS) is 17.1. The predicted octanol–water partition coefficient (Wildman–Crippen LogP) is 5.06. The average Bonchev–Trinajstić information content (AvgIpc) is 2.85. The standard InChI is InChI=1S/C18H20ClN3O/c1-4-5-6-15-11(2)20-17-16(12(3)21-22(17)18(15)23)13-7-9-14(19)10-8-13/h7-10,15H,4-6H2,1-3H3. The fourth-order valence-electron chi connectivity index (χ4n) is 3.04. The third-order valence-electron chi connectivity index (χ3n) is 4.31. The number of aromatic nitrogens is 2. The second kappa shape index (κ2) is 6.28. The summed E-state index contributed by atoms with van der Waals surface area (Å²) in [6.45, 7) is 5.98. The minimum Gasteiger partial charge on any atom is -0.272 e. The molecule has 0 saturated heterocycles. The summed E-state index contributed by atoms with van der Waals surface area (Å²) >= 11 is 5.97. The Morgan fingerprint density at radius 2 is 1.91 bits per heavy atom. The average molecular weight is 330 g/mol. The molecule has 1 aliphatic rings. The highest BCUT2D eigenvalue weighted by atomic mass is 35.5. The van der Waals surface area contributed by atoms with Gasteiger partial charge in [-0.25, -0.2) is 4.99 Å². The van der Waals surface area contributed by atoms with Crippen LogP contribution in [0.25, 0.3) is 11.1 Å². The summed E-state index contributed by atoms with van der Waals surface area (Å²) in [5.74, 6) is 0.518. The molecule has 0 N–H and O–H groups in total. The lowest BCUT2D eigenvalue weighted by Crippen LogP contribution is -2.31. The zero-order valence-corrected chi connectivity index (χ0v) is 14.4. The molecule has 120 valence electrons. The Morgan fingerprint density at radius 3 is 2.57 bits per heavy atom. The Labute approximate surface area is 141 Å². The molecule has 0 bridgehead atoms. The largest absolute Gasteiger partial charge is 0.272 e. The Kier molecular flexibility index (Phi) is 4.35. The summed E-state index contributed by atoms with van der Waals surface area (Å²) in [6.07, 6.45) is 2.92. The molecule has 2 heterocycles. The van der Waals surface area contributed by atoms with Crippen molar-refractivity contribution in [3.05, 3.63) is 35.0 Å². The molecule has 2 aromatic rings. The van der Waals surface area contributed by atoms with Gasteiger partial charge in [0.2, 0.25) is 0 Å². The van der Waals surface area contributed by atoms with Gasteiger partial charge in [0.25, 0.3) is 5.91 Å². The number of nitrogens with zero attached hydrogens (tertiary/aromatic N) is 3. The van der Waals surface area contributed by atoms with Gasteiger partial charge in [-0.15, -0.1) is 0 Å². The van der Waals surface area contributed by atoms with E-state index < -0.39 is 0 Å². The van der Waals surface area contributed by atoms with E-state index in [9.17, 15) is 4.79 Å². The molecule has 1 unspecified atom stereocenters. The quantitative estimate of drug-likeness (QED) is 0.786. The van der Waals surface area contributed by atoms with Crippen LogP contribution in [0.2, 0.25) is 5.02 Å². The lowest BCUT2D eigenvalue weighted by molar-refractivity contribution is 0.0846. The molecule has 0 amide bonds. The summed E-state index contributed by atoms with van der Waals surface area (Å²) in [6, 6.07) is 7.55. The molecule has 0 radical (unpaired) electrons. The molecular formula is C18H20ClN3O. The van der Waals surface area contributed by atoms with Crippen LogP contribution in [0.15, 0.2) is 29.3 Å². The maximum Gasteiger partial charge on any atom is 0.257 e. The number of carbonyl (C=O) groups excluding carboxylic acids is 1. The van der Waals surface area contributed by atoms with E-state index in [2.05, 4.69) is 12.0 Å². The van der Waals surface area contributed by atoms with Crippen LogP contribution in [0.1, 0.15) is 43.6 Å². The van der Waals surface area contributed by atoms with Gasteiger partial charge in [0.05, 0.1) is 11.6 Å². The number of aryl methyl sites for hydroxylation is 1. The first-order chi connectivity index (χ1) is 11.0. The number of aliphatic imine (C=N–C) groups is 1. The highest BCUT2D eigenvalue weighted by Crippen LogP contribution is 2.37. The van der Waals surface area contributed by atoms with E-state index in [-0.39, 0.29) is 11.8 Å². The van der Waals surface area contributed by atoms with Crippen LogP contribution in [0, 0.1) is 12.8 Å². The molecule has 23 heavy (non-hydrogen) atoms. The first-order valence-electron chi connectivity index (χ1n) is 7.98. The van der Waals surface area contributed by atoms with E-state index in [1.54, 1.807) is 0 Å². The second-order valence-corrected chi connectivity index (χ2v) is 6.43. The lowest BCUT2D eigenvalue weighted by Gasteiger charge is -2.20. The van der Waals surface area contributed by atoms with Crippen molar-refractivity contribution in [2.24, 2.45) is 10.9 Å². The molecule has 4 nitrogen and oxygen atoms in total. The van der Waals surface area contributed by atoms with E-state index in [0.717, 1.165) is 41.8 Å². The summed E-state index contributed by atoms with van der Waals surface area (Å²) < 4.78 is 1.48. The molecule has 1 atom stereocenters. The van der Waals surface area contributed by atoms with E-state index in [0.29, 0.717) is 10.8 Å².